The van der Waals surface area contributed by atoms with Crippen molar-refractivity contribution in [3.63, 3.8) is 0 Å². The number of halogens is 2. The van der Waals surface area contributed by atoms with Crippen molar-refractivity contribution in [2.75, 3.05) is 0 Å². The third-order valence-electron chi connectivity index (χ3n) is 2.68. The maximum Gasteiger partial charge on any atom is 0.387 e. The van der Waals surface area contributed by atoms with Gasteiger partial charge in [-0.05, 0) is 6.07 Å². The van der Waals surface area contributed by atoms with E-state index in [0.29, 0.717) is 18.7 Å². The van der Waals surface area contributed by atoms with Crippen molar-refractivity contribution in [2.45, 2.75) is 19.7 Å². The summed E-state index contributed by atoms with van der Waals surface area (Å²) in [5.41, 5.74) is 1.67. The van der Waals surface area contributed by atoms with Crippen LogP contribution in [0.25, 0.3) is 6.20 Å². The van der Waals surface area contributed by atoms with Crippen LogP contribution in [-0.4, -0.2) is 16.4 Å². The van der Waals surface area contributed by atoms with E-state index in [0.717, 1.165) is 5.56 Å². The number of benzene rings is 1. The Morgan fingerprint density at radius 3 is 2.85 bits per heavy atom. The minimum absolute atomic E-state index is 0.191. The summed E-state index contributed by atoms with van der Waals surface area (Å²) in [7, 11) is 0. The lowest BCUT2D eigenvalue weighted by atomic mass is 10.2. The lowest BCUT2D eigenvalue weighted by Gasteiger charge is -2.10. The Bertz CT molecular complexity index is 569. The fourth-order valence-corrected chi connectivity index (χ4v) is 1.77. The first kappa shape index (κ1) is 14.2. The van der Waals surface area contributed by atoms with E-state index in [1.54, 1.807) is 35.3 Å². The third-order valence-corrected chi connectivity index (χ3v) is 2.68. The van der Waals surface area contributed by atoms with Crippen molar-refractivity contribution in [1.82, 2.24) is 15.1 Å². The van der Waals surface area contributed by atoms with Crippen LogP contribution < -0.4 is 10.1 Å². The van der Waals surface area contributed by atoms with Crippen molar-refractivity contribution in [1.29, 1.82) is 0 Å². The van der Waals surface area contributed by atoms with Crippen LogP contribution in [0.3, 0.4) is 0 Å². The molecule has 20 heavy (non-hydrogen) atoms. The maximum atomic E-state index is 12.3. The van der Waals surface area contributed by atoms with Crippen LogP contribution in [0.2, 0.25) is 0 Å². The van der Waals surface area contributed by atoms with Crippen LogP contribution in [0.5, 0.6) is 5.75 Å². The maximum absolute atomic E-state index is 12.3. The largest absolute Gasteiger partial charge is 0.434 e. The molecule has 0 aliphatic heterocycles. The highest BCUT2D eigenvalue weighted by Crippen LogP contribution is 2.20. The van der Waals surface area contributed by atoms with E-state index in [9.17, 15) is 8.78 Å². The predicted octanol–water partition coefficient (Wildman–Crippen LogP) is 2.87. The zero-order chi connectivity index (χ0) is 14.4. The molecule has 0 saturated carbocycles. The van der Waals surface area contributed by atoms with E-state index in [1.165, 1.54) is 6.07 Å². The molecule has 1 N–H and O–H groups in total. The highest BCUT2D eigenvalue weighted by molar-refractivity contribution is 5.33. The molecular formula is C14H15F2N3O. The van der Waals surface area contributed by atoms with E-state index < -0.39 is 6.61 Å². The van der Waals surface area contributed by atoms with Gasteiger partial charge in [0.05, 0.1) is 6.20 Å². The molecule has 2 aromatic rings. The van der Waals surface area contributed by atoms with Crippen LogP contribution >= 0.6 is 0 Å². The van der Waals surface area contributed by atoms with Gasteiger partial charge in [0.2, 0.25) is 0 Å². The van der Waals surface area contributed by atoms with E-state index in [2.05, 4.69) is 21.7 Å². The van der Waals surface area contributed by atoms with Crippen LogP contribution in [0.15, 0.2) is 43.2 Å². The molecule has 0 radical (unpaired) electrons. The second-order valence-corrected chi connectivity index (χ2v) is 4.10. The lowest BCUT2D eigenvalue weighted by Crippen LogP contribution is -2.14. The molecule has 2 rings (SSSR count). The molecule has 1 heterocycles. The topological polar surface area (TPSA) is 39.1 Å². The zero-order valence-electron chi connectivity index (χ0n) is 10.8. The minimum Gasteiger partial charge on any atom is -0.434 e. The van der Waals surface area contributed by atoms with E-state index in [-0.39, 0.29) is 5.75 Å². The fourth-order valence-electron chi connectivity index (χ4n) is 1.77. The molecule has 0 aliphatic carbocycles. The van der Waals surface area contributed by atoms with Gasteiger partial charge >= 0.3 is 6.61 Å². The minimum atomic E-state index is -2.82. The van der Waals surface area contributed by atoms with E-state index >= 15 is 0 Å². The van der Waals surface area contributed by atoms with E-state index in [1.807, 2.05) is 6.20 Å². The van der Waals surface area contributed by atoms with Crippen molar-refractivity contribution in [3.8, 4) is 5.75 Å². The number of aromatic nitrogens is 2. The summed E-state index contributed by atoms with van der Waals surface area (Å²) in [5.74, 6) is 0.191. The normalized spacial score (nSPS) is 10.8. The molecule has 1 aromatic carbocycles. The molecule has 0 fully saturated rings. The summed E-state index contributed by atoms with van der Waals surface area (Å²) >= 11 is 0. The van der Waals surface area contributed by atoms with Gasteiger partial charge in [0, 0.05) is 36.6 Å². The molecule has 0 unspecified atom stereocenters. The van der Waals surface area contributed by atoms with Crippen molar-refractivity contribution >= 4 is 6.20 Å². The fraction of sp³-hybridized carbons (Fsp3) is 0.214. The third kappa shape index (κ3) is 3.89. The Hall–Kier alpha value is -2.21. The van der Waals surface area contributed by atoms with Gasteiger partial charge in [-0.2, -0.15) is 13.9 Å². The van der Waals surface area contributed by atoms with Gasteiger partial charge in [-0.25, -0.2) is 4.68 Å². The van der Waals surface area contributed by atoms with Gasteiger partial charge < -0.3 is 10.1 Å². The Morgan fingerprint density at radius 1 is 1.35 bits per heavy atom. The number of hydrogen-bond donors (Lipinski definition) is 1. The number of alkyl halides is 2. The summed E-state index contributed by atoms with van der Waals surface area (Å²) < 4.78 is 30.6. The van der Waals surface area contributed by atoms with Crippen LogP contribution in [0.1, 0.15) is 11.1 Å². The lowest BCUT2D eigenvalue weighted by molar-refractivity contribution is -0.0505. The Kier molecular flexibility index (Phi) is 4.84. The summed E-state index contributed by atoms with van der Waals surface area (Å²) in [5, 5.41) is 7.21. The van der Waals surface area contributed by atoms with Gasteiger partial charge in [-0.1, -0.05) is 24.8 Å². The molecular weight excluding hydrogens is 264 g/mol. The first-order valence-corrected chi connectivity index (χ1v) is 6.08. The molecule has 0 spiro atoms. The molecule has 6 heteroatoms. The quantitative estimate of drug-likeness (QED) is 0.847. The van der Waals surface area contributed by atoms with Gasteiger partial charge in [0.15, 0.2) is 0 Å². The van der Waals surface area contributed by atoms with Gasteiger partial charge in [-0.3, -0.25) is 0 Å². The number of ether oxygens (including phenoxy) is 1. The number of hydrogen-bond acceptors (Lipinski definition) is 3. The smallest absolute Gasteiger partial charge is 0.387 e. The SMILES string of the molecule is C=Cn1cc(CNCc2ccccc2OC(F)F)cn1. The monoisotopic (exact) mass is 279 g/mol. The molecule has 0 bridgehead atoms. The summed E-state index contributed by atoms with van der Waals surface area (Å²) in [4.78, 5) is 0. The van der Waals surface area contributed by atoms with Crippen LogP contribution in [0, 0.1) is 0 Å². The standard InChI is InChI=1S/C14H15F2N3O/c1-2-19-10-11(8-18-19)7-17-9-12-5-3-4-6-13(12)20-14(15)16/h2-6,8,10,14,17H,1,7,9H2. The zero-order valence-corrected chi connectivity index (χ0v) is 10.8. The van der Waals surface area contributed by atoms with Gasteiger partial charge in [-0.15, -0.1) is 0 Å². The predicted molar refractivity (Wildman–Crippen MR) is 72.2 cm³/mol. The van der Waals surface area contributed by atoms with Crippen LogP contribution in [-0.2, 0) is 13.1 Å². The summed E-state index contributed by atoms with van der Waals surface area (Å²) in [6.45, 7) is 1.80. The molecule has 0 aliphatic rings. The number of rotatable bonds is 7. The second-order valence-electron chi connectivity index (χ2n) is 4.10. The molecule has 4 nitrogen and oxygen atoms in total. The molecule has 0 atom stereocenters. The van der Waals surface area contributed by atoms with Crippen molar-refractivity contribution in [3.05, 3.63) is 54.4 Å². The number of nitrogens with one attached hydrogen (secondary N) is 1. The van der Waals surface area contributed by atoms with Gasteiger partial charge in [0.1, 0.15) is 5.75 Å². The Balaban J connectivity index is 1.91. The highest BCUT2D eigenvalue weighted by atomic mass is 19.3. The Morgan fingerprint density at radius 2 is 2.15 bits per heavy atom. The van der Waals surface area contributed by atoms with E-state index in [4.69, 9.17) is 0 Å². The first-order chi connectivity index (χ1) is 9.69. The van der Waals surface area contributed by atoms with Crippen LogP contribution in [0.4, 0.5) is 8.78 Å². The molecule has 106 valence electrons. The number of para-hydroxylation sites is 1. The molecule has 0 saturated heterocycles. The first-order valence-electron chi connectivity index (χ1n) is 6.08. The average Bonchev–Trinajstić information content (AvgIpc) is 2.88. The molecule has 1 aromatic heterocycles. The van der Waals surface area contributed by atoms with Crippen molar-refractivity contribution < 1.29 is 13.5 Å². The summed E-state index contributed by atoms with van der Waals surface area (Å²) in [6.07, 6.45) is 5.15. The average molecular weight is 279 g/mol. The van der Waals surface area contributed by atoms with Gasteiger partial charge in [0.25, 0.3) is 0 Å². The van der Waals surface area contributed by atoms with Crippen molar-refractivity contribution in [2.24, 2.45) is 0 Å². The second kappa shape index (κ2) is 6.81. The summed E-state index contributed by atoms with van der Waals surface area (Å²) in [6, 6.07) is 6.72. The number of nitrogens with zero attached hydrogens (tertiary/aromatic N) is 2. The highest BCUT2D eigenvalue weighted by Gasteiger charge is 2.08. The Labute approximate surface area is 115 Å². The molecule has 0 amide bonds.